The molecule has 1 aromatic carbocycles. The summed E-state index contributed by atoms with van der Waals surface area (Å²) in [4.78, 5) is 0. The molecular formula is C9H5F7O. The van der Waals surface area contributed by atoms with Gasteiger partial charge in [-0.15, -0.1) is 0 Å². The minimum Gasteiger partial charge on any atom is -0.379 e. The van der Waals surface area contributed by atoms with Crippen molar-refractivity contribution >= 4 is 0 Å². The van der Waals surface area contributed by atoms with Gasteiger partial charge in [0.2, 0.25) is 0 Å². The predicted octanol–water partition coefficient (Wildman–Crippen LogP) is 3.44. The van der Waals surface area contributed by atoms with Crippen molar-refractivity contribution in [3.63, 3.8) is 0 Å². The summed E-state index contributed by atoms with van der Waals surface area (Å²) in [6.07, 6.45) is -13.1. The normalized spacial score (nSPS) is 14.8. The quantitative estimate of drug-likeness (QED) is 0.768. The first kappa shape index (κ1) is 13.8. The van der Waals surface area contributed by atoms with Crippen LogP contribution < -0.4 is 0 Å². The Labute approximate surface area is 90.5 Å². The number of alkyl halides is 6. The molecule has 1 N–H and O–H groups in total. The fourth-order valence-electron chi connectivity index (χ4n) is 1.12. The fourth-order valence-corrected chi connectivity index (χ4v) is 1.12. The van der Waals surface area contributed by atoms with E-state index >= 15 is 0 Å². The van der Waals surface area contributed by atoms with E-state index in [1.165, 1.54) is 0 Å². The van der Waals surface area contributed by atoms with E-state index in [0.717, 1.165) is 0 Å². The van der Waals surface area contributed by atoms with Gasteiger partial charge in [-0.2, -0.15) is 26.3 Å². The Morgan fingerprint density at radius 1 is 1.00 bits per heavy atom. The van der Waals surface area contributed by atoms with Crippen LogP contribution in [0.25, 0.3) is 0 Å². The second-order valence-corrected chi connectivity index (χ2v) is 3.18. The van der Waals surface area contributed by atoms with Crippen molar-refractivity contribution in [3.8, 4) is 0 Å². The fraction of sp³-hybridized carbons (Fsp3) is 0.333. The Balaban J connectivity index is 3.14. The summed E-state index contributed by atoms with van der Waals surface area (Å²) in [5, 5.41) is 8.70. The molecule has 0 aliphatic heterocycles. The second-order valence-electron chi connectivity index (χ2n) is 3.18. The van der Waals surface area contributed by atoms with Crippen molar-refractivity contribution < 1.29 is 35.8 Å². The first-order chi connectivity index (χ1) is 7.53. The van der Waals surface area contributed by atoms with Gasteiger partial charge in [-0.25, -0.2) is 4.39 Å². The minimum atomic E-state index is -5.06. The highest BCUT2D eigenvalue weighted by Gasteiger charge is 2.41. The van der Waals surface area contributed by atoms with E-state index in [9.17, 15) is 30.7 Å². The number of benzene rings is 1. The SMILES string of the molecule is O[C@@H](c1ccc(C(F)(F)F)c(F)c1)C(F)(F)F. The molecular weight excluding hydrogens is 257 g/mol. The lowest BCUT2D eigenvalue weighted by molar-refractivity contribution is -0.206. The van der Waals surface area contributed by atoms with Gasteiger partial charge in [-0.05, 0) is 17.7 Å². The van der Waals surface area contributed by atoms with Gasteiger partial charge in [0, 0.05) is 0 Å². The molecule has 0 aliphatic carbocycles. The Morgan fingerprint density at radius 2 is 1.53 bits per heavy atom. The topological polar surface area (TPSA) is 20.2 Å². The maximum absolute atomic E-state index is 12.9. The maximum Gasteiger partial charge on any atom is 0.419 e. The van der Waals surface area contributed by atoms with E-state index in [2.05, 4.69) is 0 Å². The number of aliphatic hydroxyl groups excluding tert-OH is 1. The standard InChI is InChI=1S/C9H5F7O/c10-6-3-4(7(17)9(14,15)16)1-2-5(6)8(11,12)13/h1-3,7,17H/t7-/m0/s1. The second kappa shape index (κ2) is 4.17. The lowest BCUT2D eigenvalue weighted by Crippen LogP contribution is -2.20. The molecule has 0 spiro atoms. The zero-order valence-electron chi connectivity index (χ0n) is 7.90. The highest BCUT2D eigenvalue weighted by molar-refractivity contribution is 5.28. The van der Waals surface area contributed by atoms with Gasteiger partial charge in [0.05, 0.1) is 5.56 Å². The van der Waals surface area contributed by atoms with Crippen molar-refractivity contribution in [2.45, 2.75) is 18.5 Å². The number of rotatable bonds is 1. The summed E-state index contributed by atoms with van der Waals surface area (Å²) < 4.78 is 85.2. The summed E-state index contributed by atoms with van der Waals surface area (Å²) in [7, 11) is 0. The molecule has 17 heavy (non-hydrogen) atoms. The zero-order chi connectivity index (χ0) is 13.4. The average molecular weight is 262 g/mol. The van der Waals surface area contributed by atoms with Crippen LogP contribution in [0.3, 0.4) is 0 Å². The Morgan fingerprint density at radius 3 is 1.88 bits per heavy atom. The lowest BCUT2D eigenvalue weighted by atomic mass is 10.1. The van der Waals surface area contributed by atoms with Gasteiger partial charge < -0.3 is 5.11 Å². The number of hydrogen-bond acceptors (Lipinski definition) is 1. The molecule has 0 aromatic heterocycles. The molecule has 0 heterocycles. The summed E-state index contributed by atoms with van der Waals surface area (Å²) in [6, 6.07) is 0.546. The third-order valence-electron chi connectivity index (χ3n) is 1.92. The Hall–Kier alpha value is -1.31. The van der Waals surface area contributed by atoms with Crippen LogP contribution in [-0.4, -0.2) is 11.3 Å². The molecule has 0 aliphatic rings. The molecule has 0 radical (unpaired) electrons. The van der Waals surface area contributed by atoms with E-state index in [1.807, 2.05) is 0 Å². The molecule has 0 amide bonds. The van der Waals surface area contributed by atoms with Gasteiger partial charge in [0.1, 0.15) is 5.82 Å². The molecule has 8 heteroatoms. The largest absolute Gasteiger partial charge is 0.419 e. The van der Waals surface area contributed by atoms with Crippen LogP contribution in [0, 0.1) is 5.82 Å². The van der Waals surface area contributed by atoms with Crippen LogP contribution >= 0.6 is 0 Å². The Bertz CT molecular complexity index is 407. The van der Waals surface area contributed by atoms with Gasteiger partial charge in [-0.1, -0.05) is 6.07 Å². The molecule has 1 nitrogen and oxygen atoms in total. The molecule has 0 fully saturated rings. The third kappa shape index (κ3) is 3.09. The van der Waals surface area contributed by atoms with E-state index in [0.29, 0.717) is 6.07 Å². The number of aliphatic hydroxyl groups is 1. The smallest absolute Gasteiger partial charge is 0.379 e. The average Bonchev–Trinajstić information content (AvgIpc) is 2.12. The monoisotopic (exact) mass is 262 g/mol. The van der Waals surface area contributed by atoms with E-state index in [1.54, 1.807) is 0 Å². The molecule has 1 atom stereocenters. The predicted molar refractivity (Wildman–Crippen MR) is 42.4 cm³/mol. The molecule has 0 unspecified atom stereocenters. The summed E-state index contributed by atoms with van der Waals surface area (Å²) in [5.41, 5.74) is -2.67. The lowest BCUT2D eigenvalue weighted by Gasteiger charge is -2.16. The van der Waals surface area contributed by atoms with Gasteiger partial charge >= 0.3 is 12.4 Å². The van der Waals surface area contributed by atoms with Crippen LogP contribution in [0.2, 0.25) is 0 Å². The van der Waals surface area contributed by atoms with E-state index in [4.69, 9.17) is 5.11 Å². The van der Waals surface area contributed by atoms with Crippen LogP contribution in [0.15, 0.2) is 18.2 Å². The first-order valence-electron chi connectivity index (χ1n) is 4.15. The third-order valence-corrected chi connectivity index (χ3v) is 1.92. The molecule has 1 rings (SSSR count). The van der Waals surface area contributed by atoms with Gasteiger partial charge in [0.25, 0.3) is 0 Å². The van der Waals surface area contributed by atoms with Crippen molar-refractivity contribution in [2.24, 2.45) is 0 Å². The zero-order valence-corrected chi connectivity index (χ0v) is 7.90. The van der Waals surface area contributed by atoms with E-state index in [-0.39, 0.29) is 12.1 Å². The molecule has 0 bridgehead atoms. The van der Waals surface area contributed by atoms with Crippen LogP contribution in [0.1, 0.15) is 17.2 Å². The van der Waals surface area contributed by atoms with Crippen molar-refractivity contribution in [1.29, 1.82) is 0 Å². The number of hydrogen-bond donors (Lipinski definition) is 1. The summed E-state index contributed by atoms with van der Waals surface area (Å²) in [5.74, 6) is -1.86. The van der Waals surface area contributed by atoms with Crippen molar-refractivity contribution in [1.82, 2.24) is 0 Å². The van der Waals surface area contributed by atoms with Gasteiger partial charge in [0.15, 0.2) is 6.10 Å². The number of halogens is 7. The highest BCUT2D eigenvalue weighted by Crippen LogP contribution is 2.36. The van der Waals surface area contributed by atoms with E-state index < -0.39 is 35.4 Å². The van der Waals surface area contributed by atoms with Crippen molar-refractivity contribution in [3.05, 3.63) is 35.1 Å². The van der Waals surface area contributed by atoms with Gasteiger partial charge in [-0.3, -0.25) is 0 Å². The Kier molecular flexibility index (Phi) is 3.37. The van der Waals surface area contributed by atoms with Crippen molar-refractivity contribution in [2.75, 3.05) is 0 Å². The minimum absolute atomic E-state index is 0.0149. The van der Waals surface area contributed by atoms with Crippen LogP contribution in [0.4, 0.5) is 30.7 Å². The molecule has 0 saturated carbocycles. The van der Waals surface area contributed by atoms with Crippen LogP contribution in [0.5, 0.6) is 0 Å². The highest BCUT2D eigenvalue weighted by atomic mass is 19.4. The first-order valence-corrected chi connectivity index (χ1v) is 4.15. The van der Waals surface area contributed by atoms with Crippen LogP contribution in [-0.2, 0) is 6.18 Å². The maximum atomic E-state index is 12.9. The molecule has 96 valence electrons. The molecule has 1 aromatic rings. The summed E-state index contributed by atoms with van der Waals surface area (Å²) in [6.45, 7) is 0. The molecule has 0 saturated heterocycles. The summed E-state index contributed by atoms with van der Waals surface area (Å²) >= 11 is 0.